The minimum atomic E-state index is -0.301. The third-order valence-corrected chi connectivity index (χ3v) is 1.91. The summed E-state index contributed by atoms with van der Waals surface area (Å²) in [5.41, 5.74) is 7.55. The van der Waals surface area contributed by atoms with Gasteiger partial charge in [0.25, 0.3) is 0 Å². The normalized spacial score (nSPS) is 10.3. The summed E-state index contributed by atoms with van der Waals surface area (Å²) in [6.45, 7) is 1.93. The van der Waals surface area contributed by atoms with Crippen molar-refractivity contribution >= 4 is 0 Å². The molecule has 12 heavy (non-hydrogen) atoms. The van der Waals surface area contributed by atoms with Crippen molar-refractivity contribution in [3.05, 3.63) is 34.6 Å². The second kappa shape index (κ2) is 3.65. The Morgan fingerprint density at radius 1 is 1.50 bits per heavy atom. The van der Waals surface area contributed by atoms with E-state index < -0.39 is 0 Å². The van der Waals surface area contributed by atoms with Gasteiger partial charge in [0.05, 0.1) is 6.61 Å². The molecule has 1 aromatic carbocycles. The molecule has 0 heterocycles. The maximum atomic E-state index is 12.8. The lowest BCUT2D eigenvalue weighted by molar-refractivity contribution is 0.279. The minimum absolute atomic E-state index is 0.0847. The summed E-state index contributed by atoms with van der Waals surface area (Å²) in [7, 11) is 0. The molecule has 0 saturated carbocycles. The summed E-state index contributed by atoms with van der Waals surface area (Å²) in [6, 6.07) is 2.75. The summed E-state index contributed by atoms with van der Waals surface area (Å²) in [6.07, 6.45) is 0. The lowest BCUT2D eigenvalue weighted by Gasteiger charge is -2.08. The number of aliphatic hydroxyl groups excluding tert-OH is 1. The zero-order valence-electron chi connectivity index (χ0n) is 6.97. The molecule has 66 valence electrons. The number of rotatable bonds is 2. The van der Waals surface area contributed by atoms with Crippen LogP contribution in [0.25, 0.3) is 0 Å². The number of aliphatic hydroxyl groups is 1. The van der Waals surface area contributed by atoms with E-state index in [1.54, 1.807) is 6.92 Å². The highest BCUT2D eigenvalue weighted by atomic mass is 19.1. The van der Waals surface area contributed by atoms with Crippen LogP contribution in [0, 0.1) is 12.7 Å². The molecule has 0 aromatic heterocycles. The second-order valence-electron chi connectivity index (χ2n) is 2.72. The first-order chi connectivity index (χ1) is 5.69. The van der Waals surface area contributed by atoms with Gasteiger partial charge >= 0.3 is 0 Å². The zero-order chi connectivity index (χ0) is 9.14. The Morgan fingerprint density at radius 2 is 2.17 bits per heavy atom. The number of aryl methyl sites for hydroxylation is 1. The predicted molar refractivity (Wildman–Crippen MR) is 45.0 cm³/mol. The highest BCUT2D eigenvalue weighted by Gasteiger charge is 2.05. The van der Waals surface area contributed by atoms with Gasteiger partial charge in [0.15, 0.2) is 0 Å². The largest absolute Gasteiger partial charge is 0.392 e. The van der Waals surface area contributed by atoms with Crippen molar-refractivity contribution in [2.45, 2.75) is 20.1 Å². The lowest BCUT2D eigenvalue weighted by Crippen LogP contribution is -2.04. The molecule has 3 heteroatoms. The van der Waals surface area contributed by atoms with Crippen LogP contribution in [-0.4, -0.2) is 5.11 Å². The molecule has 0 aliphatic rings. The zero-order valence-corrected chi connectivity index (χ0v) is 6.97. The Balaban J connectivity index is 3.24. The summed E-state index contributed by atoms with van der Waals surface area (Å²) in [4.78, 5) is 0. The smallest absolute Gasteiger partial charge is 0.123 e. The lowest BCUT2D eigenvalue weighted by atomic mass is 10.0. The van der Waals surface area contributed by atoms with E-state index in [1.807, 2.05) is 0 Å². The third kappa shape index (κ3) is 1.62. The fourth-order valence-corrected chi connectivity index (χ4v) is 1.25. The molecule has 0 saturated heterocycles. The van der Waals surface area contributed by atoms with Crippen LogP contribution in [0.1, 0.15) is 16.7 Å². The third-order valence-electron chi connectivity index (χ3n) is 1.91. The molecule has 0 fully saturated rings. The van der Waals surface area contributed by atoms with Gasteiger partial charge in [-0.1, -0.05) is 0 Å². The predicted octanol–water partition coefficient (Wildman–Crippen LogP) is 1.09. The second-order valence-corrected chi connectivity index (χ2v) is 2.72. The molecule has 0 atom stereocenters. The van der Waals surface area contributed by atoms with E-state index in [4.69, 9.17) is 10.8 Å². The summed E-state index contributed by atoms with van der Waals surface area (Å²) >= 11 is 0. The molecule has 1 aromatic rings. The molecular weight excluding hydrogens is 157 g/mol. The molecular formula is C9H12FNO. The number of halogens is 1. The first-order valence-corrected chi connectivity index (χ1v) is 3.78. The highest BCUT2D eigenvalue weighted by Crippen LogP contribution is 2.15. The van der Waals surface area contributed by atoms with Crippen molar-refractivity contribution < 1.29 is 9.50 Å². The maximum absolute atomic E-state index is 12.8. The van der Waals surface area contributed by atoms with Crippen LogP contribution in [0.15, 0.2) is 12.1 Å². The molecule has 0 aliphatic heterocycles. The Bertz CT molecular complexity index is 286. The Kier molecular flexibility index (Phi) is 2.78. The van der Waals surface area contributed by atoms with E-state index in [2.05, 4.69) is 0 Å². The van der Waals surface area contributed by atoms with Gasteiger partial charge < -0.3 is 10.8 Å². The number of benzene rings is 1. The monoisotopic (exact) mass is 169 g/mol. The van der Waals surface area contributed by atoms with Gasteiger partial charge in [0.1, 0.15) is 5.82 Å². The van der Waals surface area contributed by atoms with Crippen LogP contribution >= 0.6 is 0 Å². The molecule has 0 radical (unpaired) electrons. The van der Waals surface area contributed by atoms with Crippen molar-refractivity contribution in [3.8, 4) is 0 Å². The molecule has 0 amide bonds. The van der Waals surface area contributed by atoms with Crippen molar-refractivity contribution in [1.29, 1.82) is 0 Å². The van der Waals surface area contributed by atoms with Crippen LogP contribution in [0.2, 0.25) is 0 Å². The topological polar surface area (TPSA) is 46.2 Å². The van der Waals surface area contributed by atoms with Gasteiger partial charge in [-0.15, -0.1) is 0 Å². The SMILES string of the molecule is Cc1cc(F)cc(CN)c1CO. The fourth-order valence-electron chi connectivity index (χ4n) is 1.25. The standard InChI is InChI=1S/C9H12FNO/c1-6-2-8(10)3-7(4-11)9(6)5-12/h2-3,12H,4-5,11H2,1H3. The quantitative estimate of drug-likeness (QED) is 0.696. The van der Waals surface area contributed by atoms with Crippen LogP contribution in [0.5, 0.6) is 0 Å². The van der Waals surface area contributed by atoms with Gasteiger partial charge in [-0.25, -0.2) is 4.39 Å². The maximum Gasteiger partial charge on any atom is 0.123 e. The number of hydrogen-bond donors (Lipinski definition) is 2. The number of hydrogen-bond acceptors (Lipinski definition) is 2. The van der Waals surface area contributed by atoms with Crippen molar-refractivity contribution in [2.75, 3.05) is 0 Å². The molecule has 0 unspecified atom stereocenters. The van der Waals surface area contributed by atoms with Crippen LogP contribution in [0.3, 0.4) is 0 Å². The van der Waals surface area contributed by atoms with E-state index in [-0.39, 0.29) is 19.0 Å². The van der Waals surface area contributed by atoms with Crippen LogP contribution in [-0.2, 0) is 13.2 Å². The minimum Gasteiger partial charge on any atom is -0.392 e. The van der Waals surface area contributed by atoms with Gasteiger partial charge in [-0.05, 0) is 35.7 Å². The average Bonchev–Trinajstić information content (AvgIpc) is 2.03. The fraction of sp³-hybridized carbons (Fsp3) is 0.333. The Morgan fingerprint density at radius 3 is 2.67 bits per heavy atom. The van der Waals surface area contributed by atoms with E-state index in [1.165, 1.54) is 12.1 Å². The van der Waals surface area contributed by atoms with Crippen molar-refractivity contribution in [3.63, 3.8) is 0 Å². The molecule has 0 bridgehead atoms. The first kappa shape index (κ1) is 9.16. The molecule has 3 N–H and O–H groups in total. The summed E-state index contributed by atoms with van der Waals surface area (Å²) in [5.74, 6) is -0.301. The van der Waals surface area contributed by atoms with Crippen molar-refractivity contribution in [1.82, 2.24) is 0 Å². The first-order valence-electron chi connectivity index (χ1n) is 3.78. The van der Waals surface area contributed by atoms with Gasteiger partial charge in [-0.2, -0.15) is 0 Å². The molecule has 1 rings (SSSR count). The molecule has 0 aliphatic carbocycles. The van der Waals surface area contributed by atoms with Gasteiger partial charge in [0, 0.05) is 6.54 Å². The van der Waals surface area contributed by atoms with Crippen LogP contribution < -0.4 is 5.73 Å². The van der Waals surface area contributed by atoms with E-state index in [0.717, 1.165) is 11.1 Å². The Labute approximate surface area is 70.8 Å². The van der Waals surface area contributed by atoms with Gasteiger partial charge in [0.2, 0.25) is 0 Å². The van der Waals surface area contributed by atoms with E-state index in [9.17, 15) is 4.39 Å². The van der Waals surface area contributed by atoms with Crippen molar-refractivity contribution in [2.24, 2.45) is 5.73 Å². The number of nitrogens with two attached hydrogens (primary N) is 1. The van der Waals surface area contributed by atoms with Crippen LogP contribution in [0.4, 0.5) is 4.39 Å². The molecule has 2 nitrogen and oxygen atoms in total. The molecule has 0 spiro atoms. The highest BCUT2D eigenvalue weighted by molar-refractivity contribution is 5.34. The van der Waals surface area contributed by atoms with E-state index in [0.29, 0.717) is 5.56 Å². The van der Waals surface area contributed by atoms with E-state index >= 15 is 0 Å². The summed E-state index contributed by atoms with van der Waals surface area (Å²) < 4.78 is 12.8. The average molecular weight is 169 g/mol. The Hall–Kier alpha value is -0.930. The summed E-state index contributed by atoms with van der Waals surface area (Å²) in [5, 5.41) is 8.94. The van der Waals surface area contributed by atoms with Gasteiger partial charge in [-0.3, -0.25) is 0 Å².